The number of rotatable bonds is 9. The largest absolute Gasteiger partial charge is 0.394 e. The van der Waals surface area contributed by atoms with E-state index in [2.05, 4.69) is 24.1 Å². The van der Waals surface area contributed by atoms with Gasteiger partial charge in [-0.25, -0.2) is 0 Å². The third-order valence-corrected chi connectivity index (χ3v) is 4.56. The Morgan fingerprint density at radius 2 is 1.79 bits per heavy atom. The van der Waals surface area contributed by atoms with E-state index in [1.807, 2.05) is 0 Å². The first-order chi connectivity index (χ1) is 9.26. The predicted octanol–water partition coefficient (Wildman–Crippen LogP) is 2.78. The van der Waals surface area contributed by atoms with Crippen LogP contribution < -0.4 is 5.32 Å². The maximum absolute atomic E-state index is 9.71. The Morgan fingerprint density at radius 3 is 2.32 bits per heavy atom. The molecular weight excluding hydrogens is 236 g/mol. The van der Waals surface area contributed by atoms with Gasteiger partial charge in [-0.15, -0.1) is 0 Å². The molecule has 1 saturated heterocycles. The Kier molecular flexibility index (Phi) is 8.67. The van der Waals surface area contributed by atoms with E-state index in [1.165, 1.54) is 51.7 Å². The van der Waals surface area contributed by atoms with E-state index in [1.54, 1.807) is 0 Å². The van der Waals surface area contributed by atoms with Crippen molar-refractivity contribution in [3.05, 3.63) is 0 Å². The van der Waals surface area contributed by atoms with Crippen molar-refractivity contribution in [1.29, 1.82) is 0 Å². The van der Waals surface area contributed by atoms with Crippen LogP contribution in [0.4, 0.5) is 0 Å². The maximum atomic E-state index is 9.71. The molecule has 0 aliphatic carbocycles. The third-order valence-electron chi connectivity index (χ3n) is 4.56. The average molecular weight is 270 g/mol. The van der Waals surface area contributed by atoms with E-state index in [-0.39, 0.29) is 12.1 Å². The first-order valence-electron chi connectivity index (χ1n) is 8.34. The summed E-state index contributed by atoms with van der Waals surface area (Å²) in [6, 6.07) is 0. The van der Waals surface area contributed by atoms with Gasteiger partial charge in [0.1, 0.15) is 0 Å². The summed E-state index contributed by atoms with van der Waals surface area (Å²) in [5.74, 6) is 0. The van der Waals surface area contributed by atoms with Crippen molar-refractivity contribution in [2.75, 3.05) is 32.8 Å². The van der Waals surface area contributed by atoms with Gasteiger partial charge >= 0.3 is 0 Å². The predicted molar refractivity (Wildman–Crippen MR) is 82.5 cm³/mol. The van der Waals surface area contributed by atoms with Crippen LogP contribution >= 0.6 is 0 Å². The van der Waals surface area contributed by atoms with Gasteiger partial charge in [0.15, 0.2) is 0 Å². The van der Waals surface area contributed by atoms with Crippen molar-refractivity contribution < 1.29 is 5.11 Å². The maximum Gasteiger partial charge on any atom is 0.0613 e. The van der Waals surface area contributed by atoms with E-state index in [9.17, 15) is 5.11 Å². The zero-order valence-electron chi connectivity index (χ0n) is 13.1. The Labute approximate surface area is 119 Å². The fraction of sp³-hybridized carbons (Fsp3) is 1.00. The van der Waals surface area contributed by atoms with Gasteiger partial charge in [0.05, 0.1) is 6.61 Å². The van der Waals surface area contributed by atoms with Crippen LogP contribution in [0.2, 0.25) is 0 Å². The van der Waals surface area contributed by atoms with Crippen LogP contribution in [0.1, 0.15) is 65.2 Å². The highest BCUT2D eigenvalue weighted by Gasteiger charge is 2.25. The smallest absolute Gasteiger partial charge is 0.0613 e. The van der Waals surface area contributed by atoms with Gasteiger partial charge in [-0.1, -0.05) is 26.7 Å². The Balaban J connectivity index is 2.29. The summed E-state index contributed by atoms with van der Waals surface area (Å²) in [5, 5.41) is 13.3. The molecule has 3 heteroatoms. The standard InChI is InChI=1S/C16H34N2O/c1-3-11-17-16(4-2,15-19)10-9-14-18-12-7-5-6-8-13-18/h17,19H,3-15H2,1-2H3. The lowest BCUT2D eigenvalue weighted by molar-refractivity contribution is 0.138. The van der Waals surface area contributed by atoms with Crippen LogP contribution in [0.5, 0.6) is 0 Å². The van der Waals surface area contributed by atoms with Gasteiger partial charge in [-0.2, -0.15) is 0 Å². The van der Waals surface area contributed by atoms with E-state index < -0.39 is 0 Å². The van der Waals surface area contributed by atoms with Gasteiger partial charge in [0, 0.05) is 5.54 Å². The van der Waals surface area contributed by atoms with Crippen LogP contribution in [0.15, 0.2) is 0 Å². The fourth-order valence-electron chi connectivity index (χ4n) is 3.03. The lowest BCUT2D eigenvalue weighted by Crippen LogP contribution is -2.48. The molecule has 0 aromatic heterocycles. The molecule has 114 valence electrons. The van der Waals surface area contributed by atoms with Crippen molar-refractivity contribution in [2.24, 2.45) is 0 Å². The minimum Gasteiger partial charge on any atom is -0.394 e. The summed E-state index contributed by atoms with van der Waals surface area (Å²) >= 11 is 0. The molecule has 0 aromatic rings. The monoisotopic (exact) mass is 270 g/mol. The quantitative estimate of drug-likeness (QED) is 0.676. The zero-order valence-corrected chi connectivity index (χ0v) is 13.1. The van der Waals surface area contributed by atoms with Gasteiger partial charge in [-0.05, 0) is 64.7 Å². The molecule has 1 heterocycles. The molecule has 1 aliphatic rings. The lowest BCUT2D eigenvalue weighted by atomic mass is 9.91. The summed E-state index contributed by atoms with van der Waals surface area (Å²) in [6.45, 7) is 9.41. The molecular formula is C16H34N2O. The molecule has 1 atom stereocenters. The Morgan fingerprint density at radius 1 is 1.11 bits per heavy atom. The lowest BCUT2D eigenvalue weighted by Gasteiger charge is -2.33. The first kappa shape index (κ1) is 16.9. The zero-order chi connectivity index (χ0) is 14.0. The number of aliphatic hydroxyl groups is 1. The summed E-state index contributed by atoms with van der Waals surface area (Å²) < 4.78 is 0. The molecule has 1 rings (SSSR count). The number of hydrogen-bond donors (Lipinski definition) is 2. The summed E-state index contributed by atoms with van der Waals surface area (Å²) in [4.78, 5) is 2.62. The molecule has 0 saturated carbocycles. The SMILES string of the molecule is CCCNC(CC)(CO)CCCN1CCCCCC1. The van der Waals surface area contributed by atoms with Crippen molar-refractivity contribution in [2.45, 2.75) is 70.8 Å². The van der Waals surface area contributed by atoms with Crippen molar-refractivity contribution in [3.8, 4) is 0 Å². The van der Waals surface area contributed by atoms with Crippen LogP contribution in [0.3, 0.4) is 0 Å². The topological polar surface area (TPSA) is 35.5 Å². The van der Waals surface area contributed by atoms with Gasteiger partial charge < -0.3 is 15.3 Å². The second-order valence-electron chi connectivity index (χ2n) is 6.08. The molecule has 0 aromatic carbocycles. The molecule has 0 spiro atoms. The molecule has 1 aliphatic heterocycles. The fourth-order valence-corrected chi connectivity index (χ4v) is 3.03. The molecule has 0 amide bonds. The highest BCUT2D eigenvalue weighted by molar-refractivity contribution is 4.86. The van der Waals surface area contributed by atoms with Gasteiger partial charge in [-0.3, -0.25) is 0 Å². The van der Waals surface area contributed by atoms with Crippen LogP contribution in [0.25, 0.3) is 0 Å². The van der Waals surface area contributed by atoms with E-state index >= 15 is 0 Å². The molecule has 1 unspecified atom stereocenters. The third kappa shape index (κ3) is 6.24. The van der Waals surface area contributed by atoms with Gasteiger partial charge in [0.2, 0.25) is 0 Å². The first-order valence-corrected chi connectivity index (χ1v) is 8.34. The summed E-state index contributed by atoms with van der Waals surface area (Å²) in [7, 11) is 0. The highest BCUT2D eigenvalue weighted by atomic mass is 16.3. The second kappa shape index (κ2) is 9.73. The molecule has 19 heavy (non-hydrogen) atoms. The number of likely N-dealkylation sites (tertiary alicyclic amines) is 1. The number of hydrogen-bond acceptors (Lipinski definition) is 3. The van der Waals surface area contributed by atoms with Gasteiger partial charge in [0.25, 0.3) is 0 Å². The number of aliphatic hydroxyl groups excluding tert-OH is 1. The van der Waals surface area contributed by atoms with E-state index in [0.717, 1.165) is 25.8 Å². The number of nitrogens with zero attached hydrogens (tertiary/aromatic N) is 1. The highest BCUT2D eigenvalue weighted by Crippen LogP contribution is 2.18. The molecule has 0 radical (unpaired) electrons. The average Bonchev–Trinajstić information content (AvgIpc) is 2.72. The van der Waals surface area contributed by atoms with Crippen LogP contribution in [-0.2, 0) is 0 Å². The second-order valence-corrected chi connectivity index (χ2v) is 6.08. The van der Waals surface area contributed by atoms with Crippen molar-refractivity contribution in [3.63, 3.8) is 0 Å². The Bertz CT molecular complexity index is 209. The Hall–Kier alpha value is -0.120. The van der Waals surface area contributed by atoms with Crippen LogP contribution in [-0.4, -0.2) is 48.3 Å². The molecule has 2 N–H and O–H groups in total. The summed E-state index contributed by atoms with van der Waals surface area (Å²) in [6.07, 6.45) is 9.99. The van der Waals surface area contributed by atoms with Crippen LogP contribution in [0, 0.1) is 0 Å². The van der Waals surface area contributed by atoms with E-state index in [4.69, 9.17) is 0 Å². The van der Waals surface area contributed by atoms with Crippen molar-refractivity contribution >= 4 is 0 Å². The molecule has 0 bridgehead atoms. The minimum absolute atomic E-state index is 0.0398. The molecule has 1 fully saturated rings. The number of nitrogens with one attached hydrogen (secondary N) is 1. The van der Waals surface area contributed by atoms with Crippen molar-refractivity contribution in [1.82, 2.24) is 10.2 Å². The minimum atomic E-state index is -0.0398. The molecule has 3 nitrogen and oxygen atoms in total. The normalized spacial score (nSPS) is 21.0. The summed E-state index contributed by atoms with van der Waals surface area (Å²) in [5.41, 5.74) is -0.0398. The van der Waals surface area contributed by atoms with E-state index in [0.29, 0.717) is 0 Å².